The molecule has 0 radical (unpaired) electrons. The molecule has 1 amide bonds. The number of nitrogens with zero attached hydrogens (tertiary/aromatic N) is 4. The Morgan fingerprint density at radius 1 is 0.972 bits per heavy atom. The van der Waals surface area contributed by atoms with Crippen molar-refractivity contribution in [1.82, 2.24) is 14.3 Å². The van der Waals surface area contributed by atoms with Crippen LogP contribution in [0.25, 0.3) is 16.9 Å². The second kappa shape index (κ2) is 10.4. The highest BCUT2D eigenvalue weighted by atomic mass is 16.1. The molecule has 0 aliphatic carbocycles. The minimum Gasteiger partial charge on any atom is -0.369 e. The number of amides is 1. The van der Waals surface area contributed by atoms with Crippen molar-refractivity contribution >= 4 is 28.6 Å². The third-order valence-electron chi connectivity index (χ3n) is 6.92. The molecule has 1 aliphatic rings. The summed E-state index contributed by atoms with van der Waals surface area (Å²) in [7, 11) is 0. The summed E-state index contributed by atoms with van der Waals surface area (Å²) >= 11 is 0. The minimum atomic E-state index is -0.427. The number of nitrogens with two attached hydrogens (primary N) is 1. The number of carbonyl (C=O) groups excluding carboxylic acids is 1. The smallest absolute Gasteiger partial charge is 0.248 e. The molecule has 5 rings (SSSR count). The van der Waals surface area contributed by atoms with Crippen molar-refractivity contribution in [2.45, 2.75) is 20.3 Å². The van der Waals surface area contributed by atoms with Gasteiger partial charge in [0.2, 0.25) is 5.91 Å². The summed E-state index contributed by atoms with van der Waals surface area (Å²) in [6.45, 7) is 10.2. The summed E-state index contributed by atoms with van der Waals surface area (Å²) in [5.41, 5.74) is 11.9. The zero-order valence-corrected chi connectivity index (χ0v) is 21.0. The first kappa shape index (κ1) is 23.9. The third kappa shape index (κ3) is 5.21. The van der Waals surface area contributed by atoms with Crippen LogP contribution in [0.4, 0.5) is 17.1 Å². The molecule has 0 unspecified atom stereocenters. The fourth-order valence-corrected chi connectivity index (χ4v) is 4.73. The van der Waals surface area contributed by atoms with Gasteiger partial charge in [-0.3, -0.25) is 14.1 Å². The Balaban J connectivity index is 1.27. The highest BCUT2D eigenvalue weighted by Crippen LogP contribution is 2.29. The molecule has 186 valence electrons. The van der Waals surface area contributed by atoms with Crippen LogP contribution in [-0.4, -0.2) is 52.9 Å². The van der Waals surface area contributed by atoms with Crippen LogP contribution >= 0.6 is 0 Å². The first-order chi connectivity index (χ1) is 17.5. The van der Waals surface area contributed by atoms with E-state index in [2.05, 4.69) is 68.7 Å². The molecule has 4 aromatic rings. The molecular weight excluding hydrogens is 448 g/mol. The zero-order valence-electron chi connectivity index (χ0n) is 21.0. The Bertz CT molecular complexity index is 1320. The number of primary amides is 1. The molecule has 1 aliphatic heterocycles. The molecule has 0 spiro atoms. The van der Waals surface area contributed by atoms with Crippen molar-refractivity contribution in [1.29, 1.82) is 0 Å². The molecule has 36 heavy (non-hydrogen) atoms. The number of fused-ring (bicyclic) bond motifs is 1. The molecule has 2 aromatic heterocycles. The van der Waals surface area contributed by atoms with Crippen LogP contribution < -0.4 is 16.0 Å². The molecular formula is C29H34N6O. The number of aromatic nitrogens is 2. The van der Waals surface area contributed by atoms with Gasteiger partial charge in [-0.15, -0.1) is 0 Å². The minimum absolute atomic E-state index is 0.427. The predicted octanol–water partition coefficient (Wildman–Crippen LogP) is 5.01. The van der Waals surface area contributed by atoms with Crippen LogP contribution in [-0.2, 0) is 0 Å². The van der Waals surface area contributed by atoms with Crippen LogP contribution in [0.3, 0.4) is 0 Å². The van der Waals surface area contributed by atoms with Crippen molar-refractivity contribution < 1.29 is 4.79 Å². The van der Waals surface area contributed by atoms with E-state index in [1.165, 1.54) is 18.7 Å². The Hall–Kier alpha value is -3.84. The predicted molar refractivity (Wildman–Crippen MR) is 147 cm³/mol. The topological polar surface area (TPSA) is 78.9 Å². The largest absolute Gasteiger partial charge is 0.369 e. The zero-order chi connectivity index (χ0) is 25.1. The van der Waals surface area contributed by atoms with E-state index in [0.717, 1.165) is 60.4 Å². The van der Waals surface area contributed by atoms with Gasteiger partial charge in [0.25, 0.3) is 0 Å². The number of nitrogens with one attached hydrogen (secondary N) is 1. The van der Waals surface area contributed by atoms with E-state index in [0.29, 0.717) is 5.56 Å². The fraction of sp³-hybridized carbons (Fsp3) is 0.310. The molecule has 1 fully saturated rings. The number of carbonyl (C=O) groups is 1. The molecule has 2 aromatic carbocycles. The Kier molecular flexibility index (Phi) is 6.91. The van der Waals surface area contributed by atoms with Crippen molar-refractivity contribution in [3.63, 3.8) is 0 Å². The fourth-order valence-electron chi connectivity index (χ4n) is 4.73. The van der Waals surface area contributed by atoms with Gasteiger partial charge in [-0.1, -0.05) is 26.0 Å². The average Bonchev–Trinajstić information content (AvgIpc) is 3.39. The van der Waals surface area contributed by atoms with Gasteiger partial charge in [0, 0.05) is 55.5 Å². The van der Waals surface area contributed by atoms with Gasteiger partial charge in [0.15, 0.2) is 5.65 Å². The number of anilines is 3. The van der Waals surface area contributed by atoms with E-state index in [9.17, 15) is 4.79 Å². The summed E-state index contributed by atoms with van der Waals surface area (Å²) in [5, 5.41) is 3.53. The van der Waals surface area contributed by atoms with Crippen molar-refractivity contribution in [3.8, 4) is 11.3 Å². The maximum atomic E-state index is 11.4. The molecule has 0 saturated carbocycles. The Morgan fingerprint density at radius 3 is 2.36 bits per heavy atom. The molecule has 1 saturated heterocycles. The molecule has 0 atom stereocenters. The lowest BCUT2D eigenvalue weighted by Crippen LogP contribution is -2.46. The van der Waals surface area contributed by atoms with E-state index < -0.39 is 5.91 Å². The van der Waals surface area contributed by atoms with E-state index >= 15 is 0 Å². The van der Waals surface area contributed by atoms with E-state index in [-0.39, 0.29) is 0 Å². The van der Waals surface area contributed by atoms with Crippen LogP contribution in [0.2, 0.25) is 0 Å². The lowest BCUT2D eigenvalue weighted by atomic mass is 10.1. The SMILES string of the molecule is CC(C)CCN1CCN(c2ccc(Nc3ccc(-c4ccc(C(N)=O)cc4)n4ccnc34)cc2)CC1. The molecule has 3 heterocycles. The van der Waals surface area contributed by atoms with Crippen molar-refractivity contribution in [2.75, 3.05) is 42.9 Å². The standard InChI is InChI=1S/C29H34N6O/c1-21(2)13-15-33-17-19-34(20-18-33)25-9-7-24(8-10-25)32-26-11-12-27(35-16-14-31-29(26)35)22-3-5-23(6-4-22)28(30)36/h3-12,14,16,21,32H,13,15,17-20H2,1-2H3,(H2,30,36). The van der Waals surface area contributed by atoms with Crippen molar-refractivity contribution in [2.24, 2.45) is 11.7 Å². The highest BCUT2D eigenvalue weighted by molar-refractivity contribution is 5.93. The number of imidazole rings is 1. The van der Waals surface area contributed by atoms with Crippen LogP contribution in [0.5, 0.6) is 0 Å². The normalized spacial score (nSPS) is 14.5. The molecule has 3 N–H and O–H groups in total. The van der Waals surface area contributed by atoms with Gasteiger partial charge in [-0.05, 0) is 73.0 Å². The summed E-state index contributed by atoms with van der Waals surface area (Å²) < 4.78 is 2.05. The Morgan fingerprint density at radius 2 is 1.69 bits per heavy atom. The summed E-state index contributed by atoms with van der Waals surface area (Å²) in [6, 6.07) is 20.1. The van der Waals surface area contributed by atoms with Crippen molar-refractivity contribution in [3.05, 3.63) is 78.6 Å². The number of rotatable bonds is 8. The molecule has 7 nitrogen and oxygen atoms in total. The van der Waals surface area contributed by atoms with Gasteiger partial charge in [-0.25, -0.2) is 4.98 Å². The summed E-state index contributed by atoms with van der Waals surface area (Å²) in [6.07, 6.45) is 5.01. The quantitative estimate of drug-likeness (QED) is 0.369. The number of piperazine rings is 1. The number of pyridine rings is 1. The molecule has 0 bridgehead atoms. The maximum absolute atomic E-state index is 11.4. The second-order valence-corrected chi connectivity index (χ2v) is 9.88. The van der Waals surface area contributed by atoms with Gasteiger partial charge in [0.05, 0.1) is 11.4 Å². The average molecular weight is 483 g/mol. The highest BCUT2D eigenvalue weighted by Gasteiger charge is 2.17. The number of benzene rings is 2. The maximum Gasteiger partial charge on any atom is 0.248 e. The van der Waals surface area contributed by atoms with Crippen LogP contribution in [0.1, 0.15) is 30.6 Å². The van der Waals surface area contributed by atoms with Gasteiger partial charge in [-0.2, -0.15) is 0 Å². The van der Waals surface area contributed by atoms with E-state index in [4.69, 9.17) is 5.73 Å². The number of hydrogen-bond donors (Lipinski definition) is 2. The lowest BCUT2D eigenvalue weighted by molar-refractivity contribution is 0.100. The second-order valence-electron chi connectivity index (χ2n) is 9.88. The van der Waals surface area contributed by atoms with Crippen LogP contribution in [0.15, 0.2) is 73.1 Å². The molecule has 7 heteroatoms. The van der Waals surface area contributed by atoms with Gasteiger partial charge >= 0.3 is 0 Å². The van der Waals surface area contributed by atoms with E-state index in [1.54, 1.807) is 18.3 Å². The first-order valence-electron chi connectivity index (χ1n) is 12.7. The third-order valence-corrected chi connectivity index (χ3v) is 6.92. The summed E-state index contributed by atoms with van der Waals surface area (Å²) in [4.78, 5) is 21.0. The number of hydrogen-bond acceptors (Lipinski definition) is 5. The first-order valence-corrected chi connectivity index (χ1v) is 12.7. The van der Waals surface area contributed by atoms with Crippen LogP contribution in [0, 0.1) is 5.92 Å². The monoisotopic (exact) mass is 482 g/mol. The van der Waals surface area contributed by atoms with Gasteiger partial charge < -0.3 is 16.0 Å². The van der Waals surface area contributed by atoms with Gasteiger partial charge in [0.1, 0.15) is 0 Å². The lowest BCUT2D eigenvalue weighted by Gasteiger charge is -2.36. The van der Waals surface area contributed by atoms with E-state index in [1.807, 2.05) is 24.4 Å². The Labute approximate surface area is 212 Å². The summed E-state index contributed by atoms with van der Waals surface area (Å²) in [5.74, 6) is 0.334.